The standard InChI is InChI=1S/C27H26NO/c1-4-29-26-18-25(20-12-6-5-7-13-20)28(19(2)3)27(26)23-16-10-8-14-21(23)22-15-9-11-17-24(22)27/h5-19H,4H2,1-3H3/q+1. The summed E-state index contributed by atoms with van der Waals surface area (Å²) >= 11 is 0. The van der Waals surface area contributed by atoms with Crippen molar-refractivity contribution in [3.05, 3.63) is 107 Å². The van der Waals surface area contributed by atoms with Gasteiger partial charge in [-0.1, -0.05) is 66.7 Å². The van der Waals surface area contributed by atoms with Crippen LogP contribution in [0.25, 0.3) is 11.1 Å². The minimum atomic E-state index is -0.428. The van der Waals surface area contributed by atoms with Crippen molar-refractivity contribution in [3.8, 4) is 11.1 Å². The summed E-state index contributed by atoms with van der Waals surface area (Å²) in [5.41, 5.74) is 7.22. The molecule has 144 valence electrons. The number of hydrogen-bond donors (Lipinski definition) is 0. The molecule has 0 bridgehead atoms. The lowest BCUT2D eigenvalue weighted by Crippen LogP contribution is -2.44. The van der Waals surface area contributed by atoms with Crippen LogP contribution < -0.4 is 0 Å². The van der Waals surface area contributed by atoms with E-state index in [1.807, 2.05) is 0 Å². The van der Waals surface area contributed by atoms with Gasteiger partial charge in [-0.15, -0.1) is 0 Å². The number of fused-ring (bicyclic) bond motifs is 5. The maximum absolute atomic E-state index is 6.39. The van der Waals surface area contributed by atoms with Crippen molar-refractivity contribution in [1.29, 1.82) is 0 Å². The lowest BCUT2D eigenvalue weighted by molar-refractivity contribution is -0.621. The highest BCUT2D eigenvalue weighted by molar-refractivity contribution is 6.07. The van der Waals surface area contributed by atoms with Gasteiger partial charge in [0.2, 0.25) is 5.71 Å². The van der Waals surface area contributed by atoms with Crippen molar-refractivity contribution < 1.29 is 9.31 Å². The molecule has 3 aromatic rings. The Hall–Kier alpha value is -3.13. The Morgan fingerprint density at radius 2 is 1.34 bits per heavy atom. The van der Waals surface area contributed by atoms with E-state index in [9.17, 15) is 0 Å². The van der Waals surface area contributed by atoms with Crippen LogP contribution in [0.3, 0.4) is 0 Å². The monoisotopic (exact) mass is 380 g/mol. The third kappa shape index (κ3) is 2.38. The van der Waals surface area contributed by atoms with Crippen molar-refractivity contribution in [2.45, 2.75) is 32.4 Å². The Balaban J connectivity index is 1.92. The average Bonchev–Trinajstić information content (AvgIpc) is 3.25. The predicted octanol–water partition coefficient (Wildman–Crippen LogP) is 5.75. The number of hydrogen-bond acceptors (Lipinski definition) is 1. The van der Waals surface area contributed by atoms with E-state index >= 15 is 0 Å². The Kier molecular flexibility index (Phi) is 4.16. The van der Waals surface area contributed by atoms with Gasteiger partial charge in [-0.25, -0.2) is 4.58 Å². The molecule has 2 heteroatoms. The van der Waals surface area contributed by atoms with Crippen LogP contribution in [0.2, 0.25) is 0 Å². The first kappa shape index (κ1) is 17.9. The number of allylic oxidation sites excluding steroid dienone is 1. The SMILES string of the molecule is CCOC1=CC(c2ccccc2)=[N+](C(C)C)C12c1ccccc1-c1ccccc12. The van der Waals surface area contributed by atoms with Gasteiger partial charge in [-0.3, -0.25) is 0 Å². The molecule has 1 aliphatic carbocycles. The van der Waals surface area contributed by atoms with Crippen LogP contribution in [0.1, 0.15) is 37.5 Å². The molecule has 0 radical (unpaired) electrons. The fourth-order valence-corrected chi connectivity index (χ4v) is 5.13. The van der Waals surface area contributed by atoms with Crippen LogP contribution >= 0.6 is 0 Å². The molecule has 2 nitrogen and oxygen atoms in total. The summed E-state index contributed by atoms with van der Waals surface area (Å²) in [6.07, 6.45) is 2.26. The first-order valence-corrected chi connectivity index (χ1v) is 10.5. The zero-order valence-electron chi connectivity index (χ0n) is 17.2. The molecule has 1 spiro atoms. The van der Waals surface area contributed by atoms with E-state index in [1.54, 1.807) is 0 Å². The zero-order chi connectivity index (χ0) is 20.0. The van der Waals surface area contributed by atoms with Gasteiger partial charge in [-0.2, -0.15) is 0 Å². The molecule has 0 unspecified atom stereocenters. The largest absolute Gasteiger partial charge is 0.490 e. The van der Waals surface area contributed by atoms with Crippen LogP contribution in [0.15, 0.2) is 90.7 Å². The van der Waals surface area contributed by atoms with Crippen molar-refractivity contribution in [2.24, 2.45) is 0 Å². The van der Waals surface area contributed by atoms with Gasteiger partial charge in [0, 0.05) is 16.7 Å². The van der Waals surface area contributed by atoms with Crippen molar-refractivity contribution in [3.63, 3.8) is 0 Å². The highest BCUT2D eigenvalue weighted by Crippen LogP contribution is 2.55. The molecule has 0 atom stereocenters. The highest BCUT2D eigenvalue weighted by Gasteiger charge is 2.61. The van der Waals surface area contributed by atoms with E-state index in [1.165, 1.54) is 33.5 Å². The topological polar surface area (TPSA) is 12.2 Å². The molecule has 0 amide bonds. The first-order chi connectivity index (χ1) is 14.2. The summed E-state index contributed by atoms with van der Waals surface area (Å²) in [5, 5.41) is 0. The lowest BCUT2D eigenvalue weighted by atomic mass is 9.85. The minimum Gasteiger partial charge on any atom is -0.490 e. The molecule has 3 aromatic carbocycles. The van der Waals surface area contributed by atoms with Gasteiger partial charge in [0.15, 0.2) is 5.76 Å². The van der Waals surface area contributed by atoms with E-state index < -0.39 is 5.54 Å². The van der Waals surface area contributed by atoms with Crippen molar-refractivity contribution in [1.82, 2.24) is 0 Å². The molecule has 0 aromatic heterocycles. The predicted molar refractivity (Wildman–Crippen MR) is 118 cm³/mol. The summed E-state index contributed by atoms with van der Waals surface area (Å²) in [7, 11) is 0. The van der Waals surface area contributed by atoms with Gasteiger partial charge in [0.1, 0.15) is 6.04 Å². The van der Waals surface area contributed by atoms with E-state index in [0.29, 0.717) is 12.6 Å². The van der Waals surface area contributed by atoms with Crippen molar-refractivity contribution in [2.75, 3.05) is 6.61 Å². The maximum atomic E-state index is 6.39. The Morgan fingerprint density at radius 3 is 1.90 bits per heavy atom. The number of ether oxygens (including phenoxy) is 1. The molecular formula is C27H26NO+. The molecule has 0 N–H and O–H groups in total. The normalized spacial score (nSPS) is 16.2. The Morgan fingerprint density at radius 1 is 0.793 bits per heavy atom. The zero-order valence-corrected chi connectivity index (χ0v) is 17.2. The second-order valence-electron chi connectivity index (χ2n) is 7.96. The molecule has 0 saturated carbocycles. The number of nitrogens with zero attached hydrogens (tertiary/aromatic N) is 1. The maximum Gasteiger partial charge on any atom is 0.272 e. The summed E-state index contributed by atoms with van der Waals surface area (Å²) in [6.45, 7) is 7.27. The molecule has 29 heavy (non-hydrogen) atoms. The fourth-order valence-electron chi connectivity index (χ4n) is 5.13. The van der Waals surface area contributed by atoms with Crippen LogP contribution in [0.4, 0.5) is 0 Å². The molecule has 0 fully saturated rings. The summed E-state index contributed by atoms with van der Waals surface area (Å²) in [6, 6.07) is 28.5. The van der Waals surface area contributed by atoms with Gasteiger partial charge in [0.05, 0.1) is 12.7 Å². The molecule has 0 saturated heterocycles. The van der Waals surface area contributed by atoms with Gasteiger partial charge >= 0.3 is 0 Å². The first-order valence-electron chi connectivity index (χ1n) is 10.5. The van der Waals surface area contributed by atoms with Gasteiger partial charge < -0.3 is 4.74 Å². The molecule has 2 aliphatic rings. The third-order valence-electron chi connectivity index (χ3n) is 6.05. The van der Waals surface area contributed by atoms with E-state index in [0.717, 1.165) is 5.76 Å². The van der Waals surface area contributed by atoms with Crippen molar-refractivity contribution >= 4 is 5.71 Å². The minimum absolute atomic E-state index is 0.290. The molecule has 1 aliphatic heterocycles. The van der Waals surface area contributed by atoms with Crippen LogP contribution in [-0.2, 0) is 10.3 Å². The molecule has 1 heterocycles. The number of benzene rings is 3. The second kappa shape index (κ2) is 6.73. The average molecular weight is 381 g/mol. The van der Waals surface area contributed by atoms with Crippen LogP contribution in [0.5, 0.6) is 0 Å². The quantitative estimate of drug-likeness (QED) is 0.525. The summed E-state index contributed by atoms with van der Waals surface area (Å²) < 4.78 is 8.94. The second-order valence-corrected chi connectivity index (χ2v) is 7.96. The smallest absolute Gasteiger partial charge is 0.272 e. The summed E-state index contributed by atoms with van der Waals surface area (Å²) in [4.78, 5) is 0. The van der Waals surface area contributed by atoms with Gasteiger partial charge in [0.25, 0.3) is 5.54 Å². The van der Waals surface area contributed by atoms with Crippen LogP contribution in [-0.4, -0.2) is 22.9 Å². The number of rotatable bonds is 4. The molecule has 5 rings (SSSR count). The Bertz CT molecular complexity index is 1090. The van der Waals surface area contributed by atoms with E-state index in [4.69, 9.17) is 4.74 Å². The third-order valence-corrected chi connectivity index (χ3v) is 6.05. The molecular weight excluding hydrogens is 354 g/mol. The fraction of sp³-hybridized carbons (Fsp3) is 0.222. The summed E-state index contributed by atoms with van der Waals surface area (Å²) in [5.74, 6) is 1.02. The van der Waals surface area contributed by atoms with Gasteiger partial charge in [-0.05, 0) is 44.0 Å². The Labute approximate surface area is 172 Å². The highest BCUT2D eigenvalue weighted by atomic mass is 16.5. The van der Waals surface area contributed by atoms with E-state index in [2.05, 4.69) is 110 Å². The van der Waals surface area contributed by atoms with Crippen LogP contribution in [0, 0.1) is 0 Å². The lowest BCUT2D eigenvalue weighted by Gasteiger charge is -2.30. The van der Waals surface area contributed by atoms with E-state index in [-0.39, 0.29) is 0 Å².